The Morgan fingerprint density at radius 1 is 1.36 bits per heavy atom. The van der Waals surface area contributed by atoms with Gasteiger partial charge in [-0.1, -0.05) is 12.8 Å². The molecular formula is C5H5N5S. The van der Waals surface area contributed by atoms with Crippen molar-refractivity contribution in [3.05, 3.63) is 12.7 Å². The van der Waals surface area contributed by atoms with Crippen LogP contribution in [0.3, 0.4) is 0 Å². The van der Waals surface area contributed by atoms with Crippen molar-refractivity contribution in [1.82, 2.24) is 18.9 Å². The number of nitrogens with zero attached hydrogens (tertiary/aromatic N) is 4. The highest BCUT2D eigenvalue weighted by Crippen LogP contribution is 2.14. The molecule has 2 heterocycles. The molecule has 2 aromatic heterocycles. The van der Waals surface area contributed by atoms with E-state index < -0.39 is 0 Å². The quantitative estimate of drug-likeness (QED) is 0.546. The van der Waals surface area contributed by atoms with Gasteiger partial charge in [-0.15, -0.1) is 0 Å². The summed E-state index contributed by atoms with van der Waals surface area (Å²) in [5, 5.41) is 0. The highest BCUT2D eigenvalue weighted by molar-refractivity contribution is 7.78. The Labute approximate surface area is 67.8 Å². The van der Waals surface area contributed by atoms with Gasteiger partial charge in [-0.3, -0.25) is 3.97 Å². The molecule has 2 rings (SSSR count). The molecule has 0 bridgehead atoms. The molecule has 0 aliphatic rings. The summed E-state index contributed by atoms with van der Waals surface area (Å²) < 4.78 is 1.49. The molecule has 2 aromatic rings. The molecule has 0 atom stereocenters. The first-order chi connectivity index (χ1) is 5.29. The van der Waals surface area contributed by atoms with Crippen LogP contribution in [0.15, 0.2) is 12.7 Å². The molecular weight excluding hydrogens is 162 g/mol. The molecule has 56 valence electrons. The van der Waals surface area contributed by atoms with Crippen LogP contribution >= 0.6 is 12.8 Å². The van der Waals surface area contributed by atoms with Crippen molar-refractivity contribution in [1.29, 1.82) is 0 Å². The second-order valence-electron chi connectivity index (χ2n) is 2.02. The third-order valence-corrected chi connectivity index (χ3v) is 1.65. The zero-order valence-electron chi connectivity index (χ0n) is 5.47. The molecule has 6 heteroatoms. The van der Waals surface area contributed by atoms with Crippen molar-refractivity contribution in [2.24, 2.45) is 0 Å². The van der Waals surface area contributed by atoms with Crippen molar-refractivity contribution in [3.8, 4) is 0 Å². The molecule has 0 saturated carbocycles. The maximum absolute atomic E-state index is 5.54. The van der Waals surface area contributed by atoms with Crippen molar-refractivity contribution in [2.45, 2.75) is 0 Å². The normalized spacial score (nSPS) is 10.6. The summed E-state index contributed by atoms with van der Waals surface area (Å²) in [7, 11) is 0. The number of imidazole rings is 1. The van der Waals surface area contributed by atoms with E-state index in [1.165, 1.54) is 16.6 Å². The van der Waals surface area contributed by atoms with E-state index in [1.54, 1.807) is 0 Å². The molecule has 0 amide bonds. The fourth-order valence-corrected chi connectivity index (χ4v) is 1.11. The number of thiol groups is 1. The Morgan fingerprint density at radius 3 is 2.91 bits per heavy atom. The van der Waals surface area contributed by atoms with E-state index >= 15 is 0 Å². The third-order valence-electron chi connectivity index (χ3n) is 1.35. The van der Waals surface area contributed by atoms with E-state index in [1.807, 2.05) is 0 Å². The monoisotopic (exact) mass is 167 g/mol. The summed E-state index contributed by atoms with van der Waals surface area (Å²) in [5.41, 5.74) is 6.75. The maximum atomic E-state index is 5.54. The molecule has 0 spiro atoms. The van der Waals surface area contributed by atoms with E-state index in [4.69, 9.17) is 5.73 Å². The Balaban J connectivity index is 2.96. The van der Waals surface area contributed by atoms with Crippen molar-refractivity contribution < 1.29 is 0 Å². The first-order valence-corrected chi connectivity index (χ1v) is 3.32. The average molecular weight is 167 g/mol. The average Bonchev–Trinajstić information content (AvgIpc) is 2.34. The predicted octanol–water partition coefficient (Wildman–Crippen LogP) is 0.101. The van der Waals surface area contributed by atoms with Gasteiger partial charge in [0, 0.05) is 0 Å². The Morgan fingerprint density at radius 2 is 2.18 bits per heavy atom. The minimum atomic E-state index is 0.391. The summed E-state index contributed by atoms with van der Waals surface area (Å²) in [6.45, 7) is 0. The minimum absolute atomic E-state index is 0.391. The lowest BCUT2D eigenvalue weighted by molar-refractivity contribution is 1.21. The van der Waals surface area contributed by atoms with Crippen LogP contribution < -0.4 is 5.73 Å². The number of nitrogens with two attached hydrogens (primary N) is 1. The largest absolute Gasteiger partial charge is 0.382 e. The summed E-state index contributed by atoms with van der Waals surface area (Å²) in [6.07, 6.45) is 2.90. The lowest BCUT2D eigenvalue weighted by Crippen LogP contribution is -1.93. The van der Waals surface area contributed by atoms with Gasteiger partial charge in [-0.2, -0.15) is 0 Å². The number of aromatic nitrogens is 4. The van der Waals surface area contributed by atoms with E-state index in [0.717, 1.165) is 0 Å². The number of fused-ring (bicyclic) bond motifs is 1. The van der Waals surface area contributed by atoms with Crippen LogP contribution in [0.5, 0.6) is 0 Å². The van der Waals surface area contributed by atoms with Gasteiger partial charge in [0.25, 0.3) is 0 Å². The number of rotatable bonds is 0. The van der Waals surface area contributed by atoms with Crippen LogP contribution in [0.25, 0.3) is 11.2 Å². The summed E-state index contributed by atoms with van der Waals surface area (Å²) >= 11 is 4.07. The van der Waals surface area contributed by atoms with Gasteiger partial charge in [-0.25, -0.2) is 15.0 Å². The molecule has 2 N–H and O–H groups in total. The second-order valence-corrected chi connectivity index (χ2v) is 2.45. The molecule has 0 aliphatic heterocycles. The van der Waals surface area contributed by atoms with Crippen LogP contribution in [0.4, 0.5) is 5.82 Å². The minimum Gasteiger partial charge on any atom is -0.382 e. The lowest BCUT2D eigenvalue weighted by atomic mass is 10.5. The number of hydrogen-bond donors (Lipinski definition) is 2. The molecule has 0 radical (unpaired) electrons. The summed E-state index contributed by atoms with van der Waals surface area (Å²) in [6, 6.07) is 0. The molecule has 0 fully saturated rings. The predicted molar refractivity (Wildman–Crippen MR) is 44.1 cm³/mol. The van der Waals surface area contributed by atoms with Crippen LogP contribution in [0.1, 0.15) is 0 Å². The standard InChI is InChI=1S/C5H5N5S/c6-4-3-5(8-1-7-4)9-2-10(3)11/h1-2,11H,(H2,6,7,8). The Hall–Kier alpha value is -1.30. The molecule has 11 heavy (non-hydrogen) atoms. The second kappa shape index (κ2) is 2.09. The summed E-state index contributed by atoms with van der Waals surface area (Å²) in [4.78, 5) is 11.6. The zero-order chi connectivity index (χ0) is 7.84. The van der Waals surface area contributed by atoms with Gasteiger partial charge < -0.3 is 5.73 Å². The highest BCUT2D eigenvalue weighted by atomic mass is 32.1. The Kier molecular flexibility index (Phi) is 1.22. The van der Waals surface area contributed by atoms with Crippen LogP contribution in [0.2, 0.25) is 0 Å². The van der Waals surface area contributed by atoms with Crippen LogP contribution in [0, 0.1) is 0 Å². The van der Waals surface area contributed by atoms with Gasteiger partial charge in [0.05, 0.1) is 0 Å². The number of anilines is 1. The highest BCUT2D eigenvalue weighted by Gasteiger charge is 2.04. The third kappa shape index (κ3) is 0.829. The van der Waals surface area contributed by atoms with Gasteiger partial charge in [-0.05, 0) is 0 Å². The van der Waals surface area contributed by atoms with Gasteiger partial charge in [0.1, 0.15) is 18.2 Å². The van der Waals surface area contributed by atoms with Crippen LogP contribution in [-0.4, -0.2) is 18.9 Å². The van der Waals surface area contributed by atoms with Crippen molar-refractivity contribution in [3.63, 3.8) is 0 Å². The summed E-state index contributed by atoms with van der Waals surface area (Å²) in [5.74, 6) is 0.391. The fourth-order valence-electron chi connectivity index (χ4n) is 0.864. The molecule has 0 aromatic carbocycles. The molecule has 0 aliphatic carbocycles. The maximum Gasteiger partial charge on any atom is 0.183 e. The first-order valence-electron chi connectivity index (χ1n) is 2.92. The zero-order valence-corrected chi connectivity index (χ0v) is 6.36. The van der Waals surface area contributed by atoms with Crippen molar-refractivity contribution in [2.75, 3.05) is 5.73 Å². The van der Waals surface area contributed by atoms with E-state index in [9.17, 15) is 0 Å². The van der Waals surface area contributed by atoms with E-state index in [-0.39, 0.29) is 0 Å². The van der Waals surface area contributed by atoms with E-state index in [0.29, 0.717) is 17.0 Å². The Bertz CT molecular complexity index is 395. The number of hydrogen-bond acceptors (Lipinski definition) is 5. The fraction of sp³-hybridized carbons (Fsp3) is 0. The number of nitrogen functional groups attached to an aromatic ring is 1. The molecule has 0 saturated heterocycles. The van der Waals surface area contributed by atoms with Gasteiger partial charge in [0.15, 0.2) is 11.5 Å². The molecule has 5 nitrogen and oxygen atoms in total. The van der Waals surface area contributed by atoms with Crippen LogP contribution in [-0.2, 0) is 0 Å². The topological polar surface area (TPSA) is 69.6 Å². The first kappa shape index (κ1) is 6.41. The smallest absolute Gasteiger partial charge is 0.183 e. The van der Waals surface area contributed by atoms with Crippen molar-refractivity contribution >= 4 is 29.8 Å². The SMILES string of the molecule is Nc1ncnc2ncn(S)c12. The molecule has 0 unspecified atom stereocenters. The van der Waals surface area contributed by atoms with Gasteiger partial charge in [0.2, 0.25) is 0 Å². The van der Waals surface area contributed by atoms with E-state index in [2.05, 4.69) is 27.8 Å². The van der Waals surface area contributed by atoms with Gasteiger partial charge >= 0.3 is 0 Å². The lowest BCUT2D eigenvalue weighted by Gasteiger charge is -1.94.